The number of allylic oxidation sites excluding steroid dienone is 7. The van der Waals surface area contributed by atoms with Crippen molar-refractivity contribution in [1.29, 1.82) is 0 Å². The molecule has 0 aliphatic heterocycles. The van der Waals surface area contributed by atoms with Crippen LogP contribution in [0.5, 0.6) is 0 Å². The quantitative estimate of drug-likeness (QED) is 0.591. The second-order valence-electron chi connectivity index (χ2n) is 6.17. The van der Waals surface area contributed by atoms with E-state index in [4.69, 9.17) is 0 Å². The van der Waals surface area contributed by atoms with Crippen LogP contribution in [0.15, 0.2) is 59.6 Å². The van der Waals surface area contributed by atoms with Gasteiger partial charge in [0.1, 0.15) is 5.76 Å². The lowest BCUT2D eigenvalue weighted by atomic mass is 9.70. The molecule has 22 heavy (non-hydrogen) atoms. The molecular formula is C18H22O4. The third kappa shape index (κ3) is 2.64. The van der Waals surface area contributed by atoms with Gasteiger partial charge >= 0.3 is 0 Å². The summed E-state index contributed by atoms with van der Waals surface area (Å²) in [7, 11) is 0. The third-order valence-corrected chi connectivity index (χ3v) is 4.80. The maximum absolute atomic E-state index is 10.3. The van der Waals surface area contributed by atoms with Gasteiger partial charge in [-0.2, -0.15) is 0 Å². The van der Waals surface area contributed by atoms with E-state index in [9.17, 15) is 20.4 Å². The predicted octanol–water partition coefficient (Wildman–Crippen LogP) is 2.69. The minimum atomic E-state index is -0.822. The largest absolute Gasteiger partial charge is 0.508 e. The molecule has 3 rings (SSSR count). The highest BCUT2D eigenvalue weighted by Gasteiger charge is 2.38. The summed E-state index contributed by atoms with van der Waals surface area (Å²) in [5.74, 6) is -0.421. The molecule has 0 aromatic rings. The van der Waals surface area contributed by atoms with Gasteiger partial charge in [-0.05, 0) is 18.8 Å². The van der Waals surface area contributed by atoms with Gasteiger partial charge in [-0.25, -0.2) is 0 Å². The van der Waals surface area contributed by atoms with E-state index in [1.165, 1.54) is 0 Å². The highest BCUT2D eigenvalue weighted by Crippen LogP contribution is 2.41. The molecule has 0 amide bonds. The Labute approximate surface area is 130 Å². The van der Waals surface area contributed by atoms with Gasteiger partial charge in [-0.15, -0.1) is 0 Å². The second-order valence-corrected chi connectivity index (χ2v) is 6.17. The molecular weight excluding hydrogens is 280 g/mol. The zero-order valence-corrected chi connectivity index (χ0v) is 12.3. The summed E-state index contributed by atoms with van der Waals surface area (Å²) in [6, 6.07) is 0. The molecule has 4 N–H and O–H groups in total. The molecule has 0 fully saturated rings. The van der Waals surface area contributed by atoms with Gasteiger partial charge in [0.05, 0.1) is 12.2 Å². The molecule has 3 aliphatic rings. The first kappa shape index (κ1) is 15.1. The Bertz CT molecular complexity index is 582. The summed E-state index contributed by atoms with van der Waals surface area (Å²) in [5, 5.41) is 40.2. The van der Waals surface area contributed by atoms with Crippen LogP contribution < -0.4 is 0 Å². The molecule has 3 aliphatic carbocycles. The molecule has 0 aromatic heterocycles. The van der Waals surface area contributed by atoms with Gasteiger partial charge < -0.3 is 20.4 Å². The van der Waals surface area contributed by atoms with Crippen molar-refractivity contribution in [3.8, 4) is 0 Å². The SMILES string of the molecule is OC1=C(O)C(C2C=CC=CC2C2C=CC[C@@H](O)[C@H]2O)=CCC1. The number of hydrogen-bond donors (Lipinski definition) is 4. The standard InChI is InChI=1S/C18H22O4/c19-15-9-3-7-13(17(15)21)11-5-1-2-6-12(11)14-8-4-10-16(20)18(14)22/h1-3,5-8,11-13,15,17,19-22H,4,9-10H2/t11?,12?,13?,15-,17+/m1/s1. The smallest absolute Gasteiger partial charge is 0.156 e. The molecule has 4 heteroatoms. The van der Waals surface area contributed by atoms with Crippen molar-refractivity contribution >= 4 is 0 Å². The Morgan fingerprint density at radius 2 is 1.73 bits per heavy atom. The lowest BCUT2D eigenvalue weighted by Gasteiger charge is -2.37. The molecule has 0 saturated carbocycles. The van der Waals surface area contributed by atoms with Crippen LogP contribution in [0, 0.1) is 17.8 Å². The number of aliphatic hydroxyl groups is 4. The summed E-state index contributed by atoms with van der Waals surface area (Å²) < 4.78 is 0. The molecule has 3 unspecified atom stereocenters. The van der Waals surface area contributed by atoms with E-state index in [2.05, 4.69) is 0 Å². The minimum Gasteiger partial charge on any atom is -0.508 e. The van der Waals surface area contributed by atoms with Crippen LogP contribution in [0.1, 0.15) is 19.3 Å². The van der Waals surface area contributed by atoms with E-state index in [1.807, 2.05) is 42.5 Å². The normalized spacial score (nSPS) is 38.3. The van der Waals surface area contributed by atoms with Crippen molar-refractivity contribution < 1.29 is 20.4 Å². The summed E-state index contributed by atoms with van der Waals surface area (Å²) in [6.45, 7) is 0. The van der Waals surface area contributed by atoms with Crippen LogP contribution in [-0.4, -0.2) is 32.6 Å². The molecule has 0 aromatic carbocycles. The summed E-state index contributed by atoms with van der Waals surface area (Å²) in [5.41, 5.74) is 0.704. The van der Waals surface area contributed by atoms with E-state index < -0.39 is 12.2 Å². The van der Waals surface area contributed by atoms with Gasteiger partial charge in [0.15, 0.2) is 5.76 Å². The molecule has 4 nitrogen and oxygen atoms in total. The molecule has 0 saturated heterocycles. The van der Waals surface area contributed by atoms with Gasteiger partial charge in [-0.3, -0.25) is 0 Å². The third-order valence-electron chi connectivity index (χ3n) is 4.80. The van der Waals surface area contributed by atoms with Crippen LogP contribution >= 0.6 is 0 Å². The maximum Gasteiger partial charge on any atom is 0.156 e. The monoisotopic (exact) mass is 302 g/mol. The molecule has 5 atom stereocenters. The first-order valence-electron chi connectivity index (χ1n) is 7.79. The predicted molar refractivity (Wildman–Crippen MR) is 84.1 cm³/mol. The number of hydrogen-bond acceptors (Lipinski definition) is 4. The van der Waals surface area contributed by atoms with Crippen LogP contribution in [0.25, 0.3) is 0 Å². The molecule has 118 valence electrons. The Hall–Kier alpha value is -1.78. The summed E-state index contributed by atoms with van der Waals surface area (Å²) in [6.07, 6.45) is 13.6. The molecule has 0 radical (unpaired) electrons. The van der Waals surface area contributed by atoms with Crippen molar-refractivity contribution in [1.82, 2.24) is 0 Å². The fourth-order valence-electron chi connectivity index (χ4n) is 3.58. The summed E-state index contributed by atoms with van der Waals surface area (Å²) >= 11 is 0. The molecule has 0 spiro atoms. The average Bonchev–Trinajstić information content (AvgIpc) is 2.53. The van der Waals surface area contributed by atoms with Crippen molar-refractivity contribution in [2.24, 2.45) is 17.8 Å². The van der Waals surface area contributed by atoms with Gasteiger partial charge in [0, 0.05) is 23.8 Å². The van der Waals surface area contributed by atoms with E-state index in [1.54, 1.807) is 0 Å². The van der Waals surface area contributed by atoms with E-state index in [0.717, 1.165) is 0 Å². The highest BCUT2D eigenvalue weighted by molar-refractivity contribution is 5.39. The van der Waals surface area contributed by atoms with Gasteiger partial charge in [0.2, 0.25) is 0 Å². The van der Waals surface area contributed by atoms with Crippen molar-refractivity contribution in [2.75, 3.05) is 0 Å². The maximum atomic E-state index is 10.3. The average molecular weight is 302 g/mol. The van der Waals surface area contributed by atoms with Crippen LogP contribution in [-0.2, 0) is 0 Å². The zero-order chi connectivity index (χ0) is 15.7. The van der Waals surface area contributed by atoms with Crippen molar-refractivity contribution in [2.45, 2.75) is 31.5 Å². The van der Waals surface area contributed by atoms with E-state index >= 15 is 0 Å². The Kier molecular flexibility index (Phi) is 4.23. The molecule has 0 heterocycles. The number of rotatable bonds is 2. The fourth-order valence-corrected chi connectivity index (χ4v) is 3.58. The van der Waals surface area contributed by atoms with E-state index in [0.29, 0.717) is 24.8 Å². The van der Waals surface area contributed by atoms with Crippen molar-refractivity contribution in [3.05, 3.63) is 59.6 Å². The molecule has 0 bridgehead atoms. The minimum absolute atomic E-state index is 0.0268. The zero-order valence-electron chi connectivity index (χ0n) is 12.3. The fraction of sp³-hybridized carbons (Fsp3) is 0.444. The number of aliphatic hydroxyl groups excluding tert-OH is 4. The van der Waals surface area contributed by atoms with Crippen LogP contribution in [0.3, 0.4) is 0 Å². The van der Waals surface area contributed by atoms with Crippen molar-refractivity contribution in [3.63, 3.8) is 0 Å². The Morgan fingerprint density at radius 1 is 0.955 bits per heavy atom. The topological polar surface area (TPSA) is 80.9 Å². The lowest BCUT2D eigenvalue weighted by molar-refractivity contribution is -0.0218. The first-order chi connectivity index (χ1) is 10.6. The van der Waals surface area contributed by atoms with Crippen LogP contribution in [0.2, 0.25) is 0 Å². The second kappa shape index (κ2) is 6.15. The van der Waals surface area contributed by atoms with Gasteiger partial charge in [-0.1, -0.05) is 42.5 Å². The first-order valence-corrected chi connectivity index (χ1v) is 7.79. The Balaban J connectivity index is 1.92. The van der Waals surface area contributed by atoms with Gasteiger partial charge in [0.25, 0.3) is 0 Å². The highest BCUT2D eigenvalue weighted by atomic mass is 16.3. The summed E-state index contributed by atoms with van der Waals surface area (Å²) in [4.78, 5) is 0. The van der Waals surface area contributed by atoms with Crippen LogP contribution in [0.4, 0.5) is 0 Å². The lowest BCUT2D eigenvalue weighted by Crippen LogP contribution is -2.40. The van der Waals surface area contributed by atoms with E-state index in [-0.39, 0.29) is 29.3 Å². The Morgan fingerprint density at radius 3 is 2.55 bits per heavy atom.